The Kier molecular flexibility index (Phi) is 6.57. The summed E-state index contributed by atoms with van der Waals surface area (Å²) >= 11 is 3.87. The molecule has 0 radical (unpaired) electrons. The Morgan fingerprint density at radius 1 is 1.26 bits per heavy atom. The van der Waals surface area contributed by atoms with Crippen LogP contribution < -0.4 is 5.32 Å². The number of hydrogen-bond acceptors (Lipinski definition) is 4. The summed E-state index contributed by atoms with van der Waals surface area (Å²) in [5, 5.41) is 3.63. The lowest BCUT2D eigenvalue weighted by Crippen LogP contribution is -2.38. The molecule has 1 aromatic rings. The number of hydrogen-bond donors (Lipinski definition) is 1. The van der Waals surface area contributed by atoms with Crippen LogP contribution in [-0.2, 0) is 0 Å². The van der Waals surface area contributed by atoms with Gasteiger partial charge in [0.1, 0.15) is 0 Å². The second kappa shape index (κ2) is 8.20. The van der Waals surface area contributed by atoms with Crippen molar-refractivity contribution in [1.82, 2.24) is 10.2 Å². The summed E-state index contributed by atoms with van der Waals surface area (Å²) in [6.45, 7) is 7.01. The molecule has 0 amide bonds. The number of rotatable bonds is 6. The molecule has 106 valence electrons. The van der Waals surface area contributed by atoms with Gasteiger partial charge >= 0.3 is 0 Å². The third-order valence-corrected chi connectivity index (χ3v) is 5.28. The first kappa shape index (κ1) is 15.2. The van der Waals surface area contributed by atoms with Crippen LogP contribution in [0.5, 0.6) is 0 Å². The first-order valence-electron chi connectivity index (χ1n) is 6.97. The van der Waals surface area contributed by atoms with Crippen LogP contribution in [0.15, 0.2) is 29.2 Å². The minimum atomic E-state index is 0.440. The van der Waals surface area contributed by atoms with Crippen molar-refractivity contribution >= 4 is 23.5 Å². The van der Waals surface area contributed by atoms with E-state index < -0.39 is 0 Å². The summed E-state index contributed by atoms with van der Waals surface area (Å²) in [7, 11) is 0. The second-order valence-electron chi connectivity index (χ2n) is 4.90. The van der Waals surface area contributed by atoms with E-state index in [0.29, 0.717) is 6.04 Å². The van der Waals surface area contributed by atoms with Gasteiger partial charge in [-0.3, -0.25) is 0 Å². The molecule has 1 aliphatic heterocycles. The van der Waals surface area contributed by atoms with Gasteiger partial charge < -0.3 is 10.2 Å². The van der Waals surface area contributed by atoms with Crippen LogP contribution in [0.1, 0.15) is 18.5 Å². The minimum Gasteiger partial charge on any atom is -0.309 e. The monoisotopic (exact) mass is 296 g/mol. The van der Waals surface area contributed by atoms with Gasteiger partial charge in [0.2, 0.25) is 0 Å². The van der Waals surface area contributed by atoms with Crippen molar-refractivity contribution in [2.45, 2.75) is 17.9 Å². The summed E-state index contributed by atoms with van der Waals surface area (Å²) < 4.78 is 0. The molecule has 1 saturated heterocycles. The lowest BCUT2D eigenvalue weighted by atomic mass is 10.1. The highest BCUT2D eigenvalue weighted by Gasteiger charge is 2.10. The van der Waals surface area contributed by atoms with E-state index in [1.165, 1.54) is 41.6 Å². The molecular weight excluding hydrogens is 272 g/mol. The summed E-state index contributed by atoms with van der Waals surface area (Å²) in [5.74, 6) is 2.59. The van der Waals surface area contributed by atoms with Crippen LogP contribution in [0, 0.1) is 0 Å². The van der Waals surface area contributed by atoms with E-state index in [-0.39, 0.29) is 0 Å². The van der Waals surface area contributed by atoms with Gasteiger partial charge in [0.15, 0.2) is 0 Å². The standard InChI is InChI=1S/C15H24N2S2/c1-13(14-3-5-15(18-2)6-4-14)16-7-8-17-9-11-19-12-10-17/h3-6,13,16H,7-12H2,1-2H3. The average Bonchev–Trinajstić information content (AvgIpc) is 2.48. The van der Waals surface area contributed by atoms with Crippen molar-refractivity contribution in [3.05, 3.63) is 29.8 Å². The largest absolute Gasteiger partial charge is 0.309 e. The van der Waals surface area contributed by atoms with Crippen molar-refractivity contribution < 1.29 is 0 Å². The molecule has 1 aromatic carbocycles. The van der Waals surface area contributed by atoms with E-state index in [1.807, 2.05) is 0 Å². The Morgan fingerprint density at radius 3 is 2.58 bits per heavy atom. The van der Waals surface area contributed by atoms with Gasteiger partial charge in [-0.05, 0) is 30.9 Å². The topological polar surface area (TPSA) is 15.3 Å². The molecule has 2 rings (SSSR count). The first-order valence-corrected chi connectivity index (χ1v) is 9.35. The molecule has 1 atom stereocenters. The summed E-state index contributed by atoms with van der Waals surface area (Å²) in [6.07, 6.45) is 2.12. The molecule has 1 unspecified atom stereocenters. The van der Waals surface area contributed by atoms with E-state index in [4.69, 9.17) is 0 Å². The normalized spacial score (nSPS) is 18.4. The molecule has 2 nitrogen and oxygen atoms in total. The lowest BCUT2D eigenvalue weighted by Gasteiger charge is -2.26. The van der Waals surface area contributed by atoms with Crippen LogP contribution in [-0.4, -0.2) is 48.8 Å². The molecule has 1 N–H and O–H groups in total. The van der Waals surface area contributed by atoms with E-state index in [0.717, 1.165) is 6.54 Å². The van der Waals surface area contributed by atoms with Gasteiger partial charge in [0.05, 0.1) is 0 Å². The van der Waals surface area contributed by atoms with Gasteiger partial charge in [0.25, 0.3) is 0 Å². The predicted octanol–water partition coefficient (Wildman–Crippen LogP) is 3.11. The zero-order valence-corrected chi connectivity index (χ0v) is 13.5. The van der Waals surface area contributed by atoms with E-state index in [9.17, 15) is 0 Å². The Labute approximate surface area is 125 Å². The zero-order valence-electron chi connectivity index (χ0n) is 11.9. The van der Waals surface area contributed by atoms with Gasteiger partial charge in [-0.1, -0.05) is 12.1 Å². The maximum Gasteiger partial charge on any atom is 0.0292 e. The summed E-state index contributed by atoms with van der Waals surface area (Å²) in [6, 6.07) is 9.33. The second-order valence-corrected chi connectivity index (χ2v) is 7.01. The fourth-order valence-corrected chi connectivity index (χ4v) is 3.66. The smallest absolute Gasteiger partial charge is 0.0292 e. The van der Waals surface area contributed by atoms with E-state index in [1.54, 1.807) is 11.8 Å². The highest BCUT2D eigenvalue weighted by molar-refractivity contribution is 7.99. The molecule has 1 heterocycles. The van der Waals surface area contributed by atoms with Crippen LogP contribution in [0.25, 0.3) is 0 Å². The van der Waals surface area contributed by atoms with Gasteiger partial charge in [0, 0.05) is 48.6 Å². The Balaban J connectivity index is 1.72. The van der Waals surface area contributed by atoms with Crippen molar-refractivity contribution in [2.24, 2.45) is 0 Å². The van der Waals surface area contributed by atoms with E-state index in [2.05, 4.69) is 59.4 Å². The summed E-state index contributed by atoms with van der Waals surface area (Å²) in [4.78, 5) is 3.90. The number of benzene rings is 1. The molecule has 19 heavy (non-hydrogen) atoms. The molecule has 0 saturated carbocycles. The van der Waals surface area contributed by atoms with Crippen LogP contribution in [0.2, 0.25) is 0 Å². The lowest BCUT2D eigenvalue weighted by molar-refractivity contribution is 0.297. The highest BCUT2D eigenvalue weighted by Crippen LogP contribution is 2.18. The fraction of sp³-hybridized carbons (Fsp3) is 0.600. The maximum absolute atomic E-state index is 3.63. The Bertz CT molecular complexity index is 361. The highest BCUT2D eigenvalue weighted by atomic mass is 32.2. The van der Waals surface area contributed by atoms with E-state index >= 15 is 0 Å². The van der Waals surface area contributed by atoms with Crippen molar-refractivity contribution in [3.8, 4) is 0 Å². The van der Waals surface area contributed by atoms with Crippen LogP contribution in [0.4, 0.5) is 0 Å². The van der Waals surface area contributed by atoms with Gasteiger partial charge in [-0.2, -0.15) is 11.8 Å². The fourth-order valence-electron chi connectivity index (χ4n) is 2.27. The molecule has 0 spiro atoms. The SMILES string of the molecule is CSc1ccc(C(C)NCCN2CCSCC2)cc1. The Morgan fingerprint density at radius 2 is 1.95 bits per heavy atom. The molecular formula is C15H24N2S2. The molecule has 0 bridgehead atoms. The first-order chi connectivity index (χ1) is 9.29. The van der Waals surface area contributed by atoms with Crippen LogP contribution in [0.3, 0.4) is 0 Å². The zero-order chi connectivity index (χ0) is 13.5. The number of nitrogens with one attached hydrogen (secondary N) is 1. The van der Waals surface area contributed by atoms with Crippen molar-refractivity contribution in [1.29, 1.82) is 0 Å². The number of nitrogens with zero attached hydrogens (tertiary/aromatic N) is 1. The Hall–Kier alpha value is -0.160. The maximum atomic E-state index is 3.63. The van der Waals surface area contributed by atoms with Crippen molar-refractivity contribution in [3.63, 3.8) is 0 Å². The molecule has 1 fully saturated rings. The van der Waals surface area contributed by atoms with Gasteiger partial charge in [-0.25, -0.2) is 0 Å². The number of thioether (sulfide) groups is 2. The summed E-state index contributed by atoms with van der Waals surface area (Å²) in [5.41, 5.74) is 1.38. The minimum absolute atomic E-state index is 0.440. The van der Waals surface area contributed by atoms with Crippen LogP contribution >= 0.6 is 23.5 Å². The third kappa shape index (κ3) is 5.03. The quantitative estimate of drug-likeness (QED) is 0.811. The molecule has 0 aromatic heterocycles. The molecule has 4 heteroatoms. The van der Waals surface area contributed by atoms with Crippen molar-refractivity contribution in [2.75, 3.05) is 43.9 Å². The average molecular weight is 297 g/mol. The third-order valence-electron chi connectivity index (χ3n) is 3.60. The molecule has 0 aliphatic carbocycles. The molecule has 1 aliphatic rings. The predicted molar refractivity (Wildman–Crippen MR) is 88.4 cm³/mol. The van der Waals surface area contributed by atoms with Gasteiger partial charge in [-0.15, -0.1) is 11.8 Å².